The summed E-state index contributed by atoms with van der Waals surface area (Å²) in [5, 5.41) is 20.2. The Morgan fingerprint density at radius 1 is 0.862 bits per heavy atom. The maximum atomic E-state index is 9.62. The van der Waals surface area contributed by atoms with Gasteiger partial charge in [0.25, 0.3) is 0 Å². The molecule has 2 unspecified atom stereocenters. The fourth-order valence-corrected chi connectivity index (χ4v) is 3.28. The number of alkyl halides is 2. The van der Waals surface area contributed by atoms with E-state index in [2.05, 4.69) is 45.4 Å². The minimum Gasteiger partial charge on any atom is -0.491 e. The second-order valence-electron chi connectivity index (χ2n) is 7.19. The van der Waals surface area contributed by atoms with E-state index in [1.165, 1.54) is 0 Å². The van der Waals surface area contributed by atoms with Gasteiger partial charge in [-0.25, -0.2) is 0 Å². The quantitative estimate of drug-likeness (QED) is 0.324. The molecule has 29 heavy (non-hydrogen) atoms. The molecule has 4 nitrogen and oxygen atoms in total. The van der Waals surface area contributed by atoms with Crippen LogP contribution in [0, 0.1) is 0 Å². The van der Waals surface area contributed by atoms with Gasteiger partial charge >= 0.3 is 0 Å². The van der Waals surface area contributed by atoms with Gasteiger partial charge in [-0.2, -0.15) is 0 Å². The first kappa shape index (κ1) is 23.9. The second-order valence-corrected chi connectivity index (χ2v) is 8.49. The van der Waals surface area contributed by atoms with Gasteiger partial charge in [0.2, 0.25) is 0 Å². The van der Waals surface area contributed by atoms with Gasteiger partial charge in [0, 0.05) is 16.1 Å². The van der Waals surface area contributed by atoms with Crippen LogP contribution >= 0.6 is 31.9 Å². The molecule has 0 saturated carbocycles. The molecule has 0 amide bonds. The van der Waals surface area contributed by atoms with E-state index < -0.39 is 12.2 Å². The molecule has 2 atom stereocenters. The van der Waals surface area contributed by atoms with Crippen molar-refractivity contribution in [2.45, 2.75) is 31.5 Å². The molecule has 2 N–H and O–H groups in total. The van der Waals surface area contributed by atoms with Crippen LogP contribution in [0.25, 0.3) is 0 Å². The first-order valence-electron chi connectivity index (χ1n) is 9.42. The van der Waals surface area contributed by atoms with Crippen LogP contribution in [0.2, 0.25) is 0 Å². The lowest BCUT2D eigenvalue weighted by atomic mass is 9.72. The molecular weight excluding hydrogens is 500 g/mol. The van der Waals surface area contributed by atoms with Crippen LogP contribution in [-0.2, 0) is 5.41 Å². The number of halogens is 2. The summed E-state index contributed by atoms with van der Waals surface area (Å²) in [5.41, 5.74) is 2.84. The van der Waals surface area contributed by atoms with E-state index >= 15 is 0 Å². The number of hydrogen-bond donors (Lipinski definition) is 2. The Kier molecular flexibility index (Phi) is 9.21. The van der Waals surface area contributed by atoms with E-state index in [1.807, 2.05) is 55.5 Å². The molecular formula is C23H28Br2O4. The zero-order valence-electron chi connectivity index (χ0n) is 16.8. The molecule has 0 fully saturated rings. The van der Waals surface area contributed by atoms with Crippen molar-refractivity contribution in [3.8, 4) is 11.5 Å². The molecule has 0 saturated heterocycles. The fraction of sp³-hybridized carbons (Fsp3) is 0.391. The lowest BCUT2D eigenvalue weighted by Gasteiger charge is -2.32. The lowest BCUT2D eigenvalue weighted by Crippen LogP contribution is -2.25. The molecule has 0 aliphatic carbocycles. The molecule has 0 aromatic heterocycles. The zero-order chi connectivity index (χ0) is 21.4. The van der Waals surface area contributed by atoms with Crippen LogP contribution in [0.4, 0.5) is 0 Å². The van der Waals surface area contributed by atoms with Crippen LogP contribution in [0.3, 0.4) is 0 Å². The molecule has 0 bridgehead atoms. The van der Waals surface area contributed by atoms with Gasteiger partial charge in [-0.05, 0) is 49.2 Å². The molecule has 0 aliphatic rings. The predicted octanol–water partition coefficient (Wildman–Crippen LogP) is 4.84. The molecule has 2 aromatic rings. The molecule has 158 valence electrons. The summed E-state index contributed by atoms with van der Waals surface area (Å²) >= 11 is 6.46. The third kappa shape index (κ3) is 6.32. The van der Waals surface area contributed by atoms with E-state index in [4.69, 9.17) is 9.47 Å². The highest BCUT2D eigenvalue weighted by molar-refractivity contribution is 9.09. The third-order valence-electron chi connectivity index (χ3n) is 4.96. The van der Waals surface area contributed by atoms with Gasteiger partial charge in [-0.15, -0.1) is 0 Å². The summed E-state index contributed by atoms with van der Waals surface area (Å²) in [6, 6.07) is 15.8. The van der Waals surface area contributed by atoms with Gasteiger partial charge in [-0.3, -0.25) is 0 Å². The van der Waals surface area contributed by atoms with Crippen molar-refractivity contribution in [2.24, 2.45) is 0 Å². The largest absolute Gasteiger partial charge is 0.491 e. The van der Waals surface area contributed by atoms with E-state index in [0.29, 0.717) is 22.2 Å². The molecule has 0 aliphatic heterocycles. The van der Waals surface area contributed by atoms with Crippen LogP contribution in [0.5, 0.6) is 11.5 Å². The highest BCUT2D eigenvalue weighted by Crippen LogP contribution is 2.39. The molecule has 6 heteroatoms. The molecule has 2 rings (SSSR count). The van der Waals surface area contributed by atoms with Crippen molar-refractivity contribution in [3.05, 3.63) is 71.8 Å². The first-order valence-corrected chi connectivity index (χ1v) is 11.7. The number of benzene rings is 2. The van der Waals surface area contributed by atoms with Crippen LogP contribution in [0.1, 0.15) is 25.0 Å². The highest BCUT2D eigenvalue weighted by atomic mass is 79.9. The number of hydrogen-bond acceptors (Lipinski definition) is 4. The number of aliphatic hydroxyl groups excluding tert-OH is 2. The smallest absolute Gasteiger partial charge is 0.119 e. The molecule has 0 radical (unpaired) electrons. The SMILES string of the molecule is C=C(C)C(C)(c1ccc(OCC(O)CBr)cc1)c1ccc(OCC(O)CBr)cc1. The van der Waals surface area contributed by atoms with Crippen molar-refractivity contribution in [1.82, 2.24) is 0 Å². The van der Waals surface area contributed by atoms with Crippen LogP contribution in [-0.4, -0.2) is 46.3 Å². The number of ether oxygens (including phenoxy) is 2. The summed E-state index contributed by atoms with van der Waals surface area (Å²) in [5.74, 6) is 1.43. The zero-order valence-corrected chi connectivity index (χ0v) is 19.9. The van der Waals surface area contributed by atoms with E-state index in [1.54, 1.807) is 0 Å². The monoisotopic (exact) mass is 526 g/mol. The summed E-state index contributed by atoms with van der Waals surface area (Å²) in [7, 11) is 0. The van der Waals surface area contributed by atoms with Gasteiger partial charge in [0.15, 0.2) is 0 Å². The third-order valence-corrected chi connectivity index (χ3v) is 6.45. The molecule has 0 heterocycles. The molecule has 0 spiro atoms. The van der Waals surface area contributed by atoms with Crippen LogP contribution < -0.4 is 9.47 Å². The Morgan fingerprint density at radius 2 is 1.21 bits per heavy atom. The van der Waals surface area contributed by atoms with Crippen molar-refractivity contribution in [2.75, 3.05) is 23.9 Å². The van der Waals surface area contributed by atoms with Crippen molar-refractivity contribution >= 4 is 31.9 Å². The second kappa shape index (κ2) is 11.2. The standard InChI is InChI=1S/C23H28Br2O4/c1-16(2)23(3,17-4-8-21(9-5-17)28-14-19(26)12-24)18-6-10-22(11-7-18)29-15-20(27)13-25/h4-11,19-20,26-27H,1,12-15H2,2-3H3. The summed E-state index contributed by atoms with van der Waals surface area (Å²) in [6.07, 6.45) is -1.07. The Balaban J connectivity index is 2.19. The number of aliphatic hydroxyl groups is 2. The van der Waals surface area contributed by atoms with Gasteiger partial charge in [0.1, 0.15) is 24.7 Å². The summed E-state index contributed by atoms with van der Waals surface area (Å²) in [6.45, 7) is 8.88. The van der Waals surface area contributed by atoms with Crippen molar-refractivity contribution in [1.29, 1.82) is 0 Å². The van der Waals surface area contributed by atoms with Gasteiger partial charge in [-0.1, -0.05) is 68.3 Å². The average Bonchev–Trinajstić information content (AvgIpc) is 2.75. The Bertz CT molecular complexity index is 717. The Hall–Kier alpha value is -1.34. The molecule has 2 aromatic carbocycles. The van der Waals surface area contributed by atoms with Crippen LogP contribution in [0.15, 0.2) is 60.7 Å². The summed E-state index contributed by atoms with van der Waals surface area (Å²) < 4.78 is 11.2. The van der Waals surface area contributed by atoms with Crippen molar-refractivity contribution < 1.29 is 19.7 Å². The van der Waals surface area contributed by atoms with Crippen molar-refractivity contribution in [3.63, 3.8) is 0 Å². The number of allylic oxidation sites excluding steroid dienone is 1. The Labute approximate surface area is 189 Å². The Morgan fingerprint density at radius 3 is 1.48 bits per heavy atom. The normalized spacial score (nSPS) is 15.2. The lowest BCUT2D eigenvalue weighted by molar-refractivity contribution is 0.127. The van der Waals surface area contributed by atoms with Gasteiger partial charge in [0.05, 0.1) is 12.2 Å². The van der Waals surface area contributed by atoms with Gasteiger partial charge < -0.3 is 19.7 Å². The summed E-state index contributed by atoms with van der Waals surface area (Å²) in [4.78, 5) is 0. The number of rotatable bonds is 11. The first-order chi connectivity index (χ1) is 13.8. The topological polar surface area (TPSA) is 58.9 Å². The van der Waals surface area contributed by atoms with E-state index in [0.717, 1.165) is 16.7 Å². The maximum absolute atomic E-state index is 9.62. The minimum absolute atomic E-state index is 0.244. The minimum atomic E-state index is -0.535. The highest BCUT2D eigenvalue weighted by Gasteiger charge is 2.30. The van der Waals surface area contributed by atoms with E-state index in [9.17, 15) is 10.2 Å². The predicted molar refractivity (Wildman–Crippen MR) is 125 cm³/mol. The maximum Gasteiger partial charge on any atom is 0.119 e. The average molecular weight is 528 g/mol. The van der Waals surface area contributed by atoms with E-state index in [-0.39, 0.29) is 18.6 Å². The fourth-order valence-electron chi connectivity index (χ4n) is 2.90.